The Morgan fingerprint density at radius 1 is 0.812 bits per heavy atom. The first-order valence-electron chi connectivity index (χ1n) is 12.9. The van der Waals surface area contributed by atoms with Crippen molar-refractivity contribution in [2.45, 2.75) is 77.0 Å². The van der Waals surface area contributed by atoms with Crippen LogP contribution in [0.5, 0.6) is 0 Å². The fourth-order valence-electron chi connectivity index (χ4n) is 8.29. The van der Waals surface area contributed by atoms with Crippen LogP contribution in [0.3, 0.4) is 0 Å². The van der Waals surface area contributed by atoms with Crippen LogP contribution in [-0.4, -0.2) is 5.78 Å². The highest BCUT2D eigenvalue weighted by atomic mass is 16.1. The van der Waals surface area contributed by atoms with E-state index in [0.717, 1.165) is 24.7 Å². The van der Waals surface area contributed by atoms with E-state index in [-0.39, 0.29) is 5.92 Å². The predicted octanol–water partition coefficient (Wildman–Crippen LogP) is 7.76. The van der Waals surface area contributed by atoms with Crippen molar-refractivity contribution < 1.29 is 4.79 Å². The van der Waals surface area contributed by atoms with Gasteiger partial charge in [0.2, 0.25) is 0 Å². The van der Waals surface area contributed by atoms with Crippen molar-refractivity contribution in [1.29, 1.82) is 0 Å². The van der Waals surface area contributed by atoms with E-state index in [2.05, 4.69) is 68.4 Å². The molecule has 3 saturated carbocycles. The lowest BCUT2D eigenvalue weighted by atomic mass is 9.54. The van der Waals surface area contributed by atoms with Crippen LogP contribution in [0.25, 0.3) is 0 Å². The minimum atomic E-state index is 0.0888. The molecule has 0 spiro atoms. The van der Waals surface area contributed by atoms with Crippen LogP contribution in [0.4, 0.5) is 0 Å². The summed E-state index contributed by atoms with van der Waals surface area (Å²) in [6.07, 6.45) is 9.62. The molecule has 0 radical (unpaired) electrons. The molecular weight excluding hydrogens is 388 g/mol. The second kappa shape index (κ2) is 7.72. The molecule has 4 aliphatic carbocycles. The van der Waals surface area contributed by atoms with Gasteiger partial charge < -0.3 is 0 Å². The van der Waals surface area contributed by atoms with Gasteiger partial charge in [0.25, 0.3) is 0 Å². The fourth-order valence-corrected chi connectivity index (χ4v) is 8.29. The molecular formula is C31H36O. The Balaban J connectivity index is 1.31. The maximum absolute atomic E-state index is 13.0. The van der Waals surface area contributed by atoms with Crippen molar-refractivity contribution in [2.24, 2.45) is 23.2 Å². The zero-order chi connectivity index (χ0) is 21.9. The van der Waals surface area contributed by atoms with Gasteiger partial charge in [-0.25, -0.2) is 0 Å². The minimum absolute atomic E-state index is 0.0888. The molecule has 2 unspecified atom stereocenters. The molecule has 6 rings (SSSR count). The van der Waals surface area contributed by atoms with Gasteiger partial charge in [-0.3, -0.25) is 4.79 Å². The van der Waals surface area contributed by atoms with E-state index in [4.69, 9.17) is 0 Å². The van der Waals surface area contributed by atoms with E-state index >= 15 is 0 Å². The topological polar surface area (TPSA) is 17.1 Å². The number of fused-ring (bicyclic) bond motifs is 4. The highest BCUT2D eigenvalue weighted by Gasteiger charge is 2.54. The van der Waals surface area contributed by atoms with Crippen LogP contribution >= 0.6 is 0 Å². The van der Waals surface area contributed by atoms with Gasteiger partial charge in [0, 0.05) is 12.3 Å². The van der Waals surface area contributed by atoms with Gasteiger partial charge in [-0.15, -0.1) is 0 Å². The maximum Gasteiger partial charge on any atom is 0.141 e. The largest absolute Gasteiger partial charge is 0.299 e. The zero-order valence-corrected chi connectivity index (χ0v) is 19.6. The van der Waals surface area contributed by atoms with E-state index in [0.29, 0.717) is 23.0 Å². The second-order valence-corrected chi connectivity index (χ2v) is 11.4. The molecule has 0 aliphatic heterocycles. The molecule has 2 aromatic carbocycles. The SMILES string of the molecule is Cc1ccc([C@@H]2CC[C@H]3[C@@H]4CCC5CC(=O)C(c6ccccc6)CC5=C4CC[C@]23C)cc1. The van der Waals surface area contributed by atoms with Crippen LogP contribution in [0.2, 0.25) is 0 Å². The molecule has 2 aromatic rings. The Hall–Kier alpha value is -2.15. The average molecular weight is 425 g/mol. The lowest BCUT2D eigenvalue weighted by molar-refractivity contribution is -0.122. The number of hydrogen-bond donors (Lipinski definition) is 0. The van der Waals surface area contributed by atoms with Crippen molar-refractivity contribution >= 4 is 5.78 Å². The Bertz CT molecular complexity index is 1050. The Labute approximate surface area is 193 Å². The molecule has 1 heteroatoms. The first-order valence-corrected chi connectivity index (χ1v) is 12.9. The number of rotatable bonds is 2. The van der Waals surface area contributed by atoms with Gasteiger partial charge in [0.15, 0.2) is 0 Å². The summed E-state index contributed by atoms with van der Waals surface area (Å²) < 4.78 is 0. The molecule has 3 fully saturated rings. The third-order valence-electron chi connectivity index (χ3n) is 9.95. The van der Waals surface area contributed by atoms with Gasteiger partial charge in [0.1, 0.15) is 5.78 Å². The monoisotopic (exact) mass is 424 g/mol. The van der Waals surface area contributed by atoms with Gasteiger partial charge in [-0.1, -0.05) is 78.2 Å². The summed E-state index contributed by atoms with van der Waals surface area (Å²) in [4.78, 5) is 13.0. The second-order valence-electron chi connectivity index (χ2n) is 11.4. The standard InChI is InChI=1S/C31H36O/c1-20-8-10-22(11-9-20)28-14-15-29-25-13-12-23-18-30(32)27(21-6-4-3-5-7-21)19-26(23)24(25)16-17-31(28,29)2/h3-11,23,25,27-29H,12-19H2,1-2H3/t23?,25-,27?,28+,29+,31-/m1/s1. The summed E-state index contributed by atoms with van der Waals surface area (Å²) in [7, 11) is 0. The van der Waals surface area contributed by atoms with Crippen LogP contribution in [-0.2, 0) is 4.79 Å². The molecule has 0 amide bonds. The van der Waals surface area contributed by atoms with Gasteiger partial charge in [-0.05, 0) is 92.1 Å². The lowest BCUT2D eigenvalue weighted by Gasteiger charge is -2.51. The Morgan fingerprint density at radius 3 is 2.38 bits per heavy atom. The first-order chi connectivity index (χ1) is 15.5. The number of carbonyl (C=O) groups is 1. The Morgan fingerprint density at radius 2 is 1.59 bits per heavy atom. The summed E-state index contributed by atoms with van der Waals surface area (Å²) in [5.74, 6) is 3.39. The van der Waals surface area contributed by atoms with Crippen molar-refractivity contribution in [2.75, 3.05) is 0 Å². The predicted molar refractivity (Wildman–Crippen MR) is 131 cm³/mol. The Kier molecular flexibility index (Phi) is 4.93. The number of benzene rings is 2. The van der Waals surface area contributed by atoms with E-state index in [1.807, 2.05) is 0 Å². The molecule has 4 aliphatic rings. The summed E-state index contributed by atoms with van der Waals surface area (Å²) in [5, 5.41) is 0. The summed E-state index contributed by atoms with van der Waals surface area (Å²) in [6.45, 7) is 4.80. The van der Waals surface area contributed by atoms with Gasteiger partial charge >= 0.3 is 0 Å². The number of Topliss-reactive ketones (excluding diaryl/α,β-unsaturated/α-hetero) is 1. The summed E-state index contributed by atoms with van der Waals surface area (Å²) in [6, 6.07) is 20.0. The lowest BCUT2D eigenvalue weighted by Crippen LogP contribution is -2.41. The van der Waals surface area contributed by atoms with Crippen molar-refractivity contribution in [3.05, 3.63) is 82.4 Å². The zero-order valence-electron chi connectivity index (χ0n) is 19.6. The van der Waals surface area contributed by atoms with Crippen LogP contribution in [0, 0.1) is 30.1 Å². The minimum Gasteiger partial charge on any atom is -0.299 e. The summed E-state index contributed by atoms with van der Waals surface area (Å²) >= 11 is 0. The van der Waals surface area contributed by atoms with E-state index in [9.17, 15) is 4.79 Å². The maximum atomic E-state index is 13.0. The highest BCUT2D eigenvalue weighted by Crippen LogP contribution is 2.65. The fraction of sp³-hybridized carbons (Fsp3) is 0.516. The smallest absolute Gasteiger partial charge is 0.141 e. The number of aryl methyl sites for hydroxylation is 1. The average Bonchev–Trinajstić information content (AvgIpc) is 3.17. The third kappa shape index (κ3) is 3.15. The molecule has 6 atom stereocenters. The van der Waals surface area contributed by atoms with Crippen LogP contribution in [0.1, 0.15) is 86.8 Å². The molecule has 0 heterocycles. The molecule has 1 nitrogen and oxygen atoms in total. The normalized spacial score (nSPS) is 36.4. The van der Waals surface area contributed by atoms with E-state index < -0.39 is 0 Å². The number of allylic oxidation sites excluding steroid dienone is 2. The van der Waals surface area contributed by atoms with E-state index in [1.165, 1.54) is 49.7 Å². The highest BCUT2D eigenvalue weighted by molar-refractivity contribution is 5.88. The number of hydrogen-bond acceptors (Lipinski definition) is 1. The molecule has 0 bridgehead atoms. The van der Waals surface area contributed by atoms with Gasteiger partial charge in [-0.2, -0.15) is 0 Å². The first kappa shape index (κ1) is 20.5. The van der Waals surface area contributed by atoms with Gasteiger partial charge in [0.05, 0.1) is 0 Å². The van der Waals surface area contributed by atoms with Crippen LogP contribution < -0.4 is 0 Å². The molecule has 0 saturated heterocycles. The number of carbonyl (C=O) groups excluding carboxylic acids is 1. The van der Waals surface area contributed by atoms with Crippen molar-refractivity contribution in [1.82, 2.24) is 0 Å². The van der Waals surface area contributed by atoms with Crippen molar-refractivity contribution in [3.8, 4) is 0 Å². The number of ketones is 1. The summed E-state index contributed by atoms with van der Waals surface area (Å²) in [5.41, 5.74) is 8.09. The molecule has 0 N–H and O–H groups in total. The van der Waals surface area contributed by atoms with Crippen LogP contribution in [0.15, 0.2) is 65.7 Å². The van der Waals surface area contributed by atoms with E-state index in [1.54, 1.807) is 16.7 Å². The third-order valence-corrected chi connectivity index (χ3v) is 9.95. The quantitative estimate of drug-likeness (QED) is 0.450. The molecule has 166 valence electrons. The van der Waals surface area contributed by atoms with Crippen molar-refractivity contribution in [3.63, 3.8) is 0 Å². The molecule has 32 heavy (non-hydrogen) atoms. The molecule has 0 aromatic heterocycles.